The van der Waals surface area contributed by atoms with Crippen LogP contribution in [0, 0.1) is 12.8 Å². The lowest BCUT2D eigenvalue weighted by molar-refractivity contribution is 0.366. The molecule has 4 nitrogen and oxygen atoms in total. The van der Waals surface area contributed by atoms with E-state index < -0.39 is 0 Å². The van der Waals surface area contributed by atoms with Crippen LogP contribution < -0.4 is 10.6 Å². The number of anilines is 1. The molecule has 1 fully saturated rings. The van der Waals surface area contributed by atoms with Crippen LogP contribution in [-0.4, -0.2) is 28.7 Å². The monoisotopic (exact) mass is 236 g/mol. The van der Waals surface area contributed by atoms with Crippen LogP contribution in [-0.2, 0) is 6.54 Å². The Balaban J connectivity index is 2.23. The number of hydrogen-bond donors (Lipinski definition) is 1. The number of rotatable bonds is 3. The lowest BCUT2D eigenvalue weighted by atomic mass is 9.94. The van der Waals surface area contributed by atoms with Crippen LogP contribution in [0.1, 0.15) is 32.4 Å². The minimum atomic E-state index is 0.574. The van der Waals surface area contributed by atoms with E-state index in [4.69, 9.17) is 5.73 Å². The topological polar surface area (TPSA) is 47.1 Å². The SMILES string of the molecule is CCn1cc(C)nc1N1CC(CN)CCC1C. The molecule has 0 radical (unpaired) electrons. The number of imidazole rings is 1. The standard InChI is InChI=1S/C13H24N4/c1-4-16-8-10(2)15-13(16)17-9-12(7-14)6-5-11(17)3/h8,11-12H,4-7,9,14H2,1-3H3. The second-order valence-electron chi connectivity index (χ2n) is 5.15. The molecule has 1 aliphatic rings. The fraction of sp³-hybridized carbons (Fsp3) is 0.769. The molecule has 2 unspecified atom stereocenters. The Morgan fingerprint density at radius 1 is 1.47 bits per heavy atom. The van der Waals surface area contributed by atoms with Crippen molar-refractivity contribution in [3.8, 4) is 0 Å². The van der Waals surface area contributed by atoms with E-state index >= 15 is 0 Å². The van der Waals surface area contributed by atoms with E-state index in [2.05, 4.69) is 41.4 Å². The number of aromatic nitrogens is 2. The van der Waals surface area contributed by atoms with Crippen molar-refractivity contribution in [3.05, 3.63) is 11.9 Å². The minimum absolute atomic E-state index is 0.574. The maximum absolute atomic E-state index is 5.81. The van der Waals surface area contributed by atoms with Crippen LogP contribution in [0.4, 0.5) is 5.95 Å². The average Bonchev–Trinajstić information content (AvgIpc) is 2.71. The molecule has 0 spiro atoms. The maximum atomic E-state index is 5.81. The zero-order valence-corrected chi connectivity index (χ0v) is 11.2. The van der Waals surface area contributed by atoms with Crippen molar-refractivity contribution in [2.24, 2.45) is 11.7 Å². The summed E-state index contributed by atoms with van der Waals surface area (Å²) in [5.74, 6) is 1.74. The van der Waals surface area contributed by atoms with Crippen molar-refractivity contribution >= 4 is 5.95 Å². The van der Waals surface area contributed by atoms with Gasteiger partial charge in [0, 0.05) is 25.3 Å². The highest BCUT2D eigenvalue weighted by molar-refractivity contribution is 5.35. The minimum Gasteiger partial charge on any atom is -0.339 e. The Hall–Kier alpha value is -1.03. The molecule has 1 aromatic heterocycles. The van der Waals surface area contributed by atoms with Crippen LogP contribution in [0.3, 0.4) is 0 Å². The molecule has 0 aliphatic carbocycles. The van der Waals surface area contributed by atoms with Gasteiger partial charge in [0.2, 0.25) is 5.95 Å². The van der Waals surface area contributed by atoms with E-state index in [9.17, 15) is 0 Å². The number of aryl methyl sites for hydroxylation is 2. The maximum Gasteiger partial charge on any atom is 0.205 e. The van der Waals surface area contributed by atoms with E-state index in [1.807, 2.05) is 0 Å². The molecule has 0 aromatic carbocycles. The zero-order valence-electron chi connectivity index (χ0n) is 11.2. The second kappa shape index (κ2) is 5.08. The summed E-state index contributed by atoms with van der Waals surface area (Å²) in [5.41, 5.74) is 6.91. The van der Waals surface area contributed by atoms with Gasteiger partial charge in [-0.2, -0.15) is 0 Å². The van der Waals surface area contributed by atoms with Gasteiger partial charge in [-0.05, 0) is 46.1 Å². The molecule has 17 heavy (non-hydrogen) atoms. The van der Waals surface area contributed by atoms with Crippen LogP contribution in [0.5, 0.6) is 0 Å². The molecule has 2 atom stereocenters. The van der Waals surface area contributed by atoms with Crippen molar-refractivity contribution in [2.75, 3.05) is 18.0 Å². The molecular formula is C13H24N4. The van der Waals surface area contributed by atoms with Gasteiger partial charge in [0.25, 0.3) is 0 Å². The molecule has 0 amide bonds. The van der Waals surface area contributed by atoms with E-state index in [1.165, 1.54) is 12.8 Å². The number of nitrogens with zero attached hydrogens (tertiary/aromatic N) is 3. The van der Waals surface area contributed by atoms with Gasteiger partial charge in [-0.3, -0.25) is 0 Å². The third-order valence-corrected chi connectivity index (χ3v) is 3.79. The Morgan fingerprint density at radius 2 is 2.24 bits per heavy atom. The van der Waals surface area contributed by atoms with E-state index in [-0.39, 0.29) is 0 Å². The molecule has 1 saturated heterocycles. The second-order valence-corrected chi connectivity index (χ2v) is 5.15. The van der Waals surface area contributed by atoms with Crippen LogP contribution >= 0.6 is 0 Å². The van der Waals surface area contributed by atoms with Crippen molar-refractivity contribution in [1.29, 1.82) is 0 Å². The van der Waals surface area contributed by atoms with Gasteiger partial charge in [0.1, 0.15) is 0 Å². The quantitative estimate of drug-likeness (QED) is 0.870. The molecule has 1 aromatic rings. The van der Waals surface area contributed by atoms with Crippen molar-refractivity contribution in [1.82, 2.24) is 9.55 Å². The third kappa shape index (κ3) is 2.46. The van der Waals surface area contributed by atoms with Crippen molar-refractivity contribution in [2.45, 2.75) is 46.2 Å². The van der Waals surface area contributed by atoms with Gasteiger partial charge < -0.3 is 15.2 Å². The highest BCUT2D eigenvalue weighted by Crippen LogP contribution is 2.26. The first kappa shape index (κ1) is 12.4. The number of hydrogen-bond acceptors (Lipinski definition) is 3. The summed E-state index contributed by atoms with van der Waals surface area (Å²) in [6, 6.07) is 0.574. The van der Waals surface area contributed by atoms with Crippen molar-refractivity contribution in [3.63, 3.8) is 0 Å². The van der Waals surface area contributed by atoms with E-state index in [0.717, 1.165) is 31.3 Å². The zero-order chi connectivity index (χ0) is 12.4. The van der Waals surface area contributed by atoms with E-state index in [0.29, 0.717) is 12.0 Å². The first-order chi connectivity index (χ1) is 8.15. The summed E-state index contributed by atoms with van der Waals surface area (Å²) in [4.78, 5) is 7.10. The van der Waals surface area contributed by atoms with Crippen molar-refractivity contribution < 1.29 is 0 Å². The lowest BCUT2D eigenvalue weighted by Gasteiger charge is -2.38. The Labute approximate surface area is 104 Å². The van der Waals surface area contributed by atoms with Gasteiger partial charge in [-0.1, -0.05) is 0 Å². The van der Waals surface area contributed by atoms with E-state index in [1.54, 1.807) is 0 Å². The molecule has 2 N–H and O–H groups in total. The summed E-state index contributed by atoms with van der Waals surface area (Å²) >= 11 is 0. The summed E-state index contributed by atoms with van der Waals surface area (Å²) < 4.78 is 2.24. The fourth-order valence-electron chi connectivity index (χ4n) is 2.65. The molecule has 4 heteroatoms. The van der Waals surface area contributed by atoms with Crippen LogP contribution in [0.25, 0.3) is 0 Å². The summed E-state index contributed by atoms with van der Waals surface area (Å²) in [5, 5.41) is 0. The fourth-order valence-corrected chi connectivity index (χ4v) is 2.65. The molecule has 2 heterocycles. The molecular weight excluding hydrogens is 212 g/mol. The molecule has 2 rings (SSSR count). The lowest BCUT2D eigenvalue weighted by Crippen LogP contribution is -2.45. The molecule has 96 valence electrons. The summed E-state index contributed by atoms with van der Waals surface area (Å²) in [6.07, 6.45) is 4.60. The molecule has 0 saturated carbocycles. The summed E-state index contributed by atoms with van der Waals surface area (Å²) in [6.45, 7) is 9.33. The van der Waals surface area contributed by atoms with Gasteiger partial charge in [-0.25, -0.2) is 4.98 Å². The number of nitrogens with two attached hydrogens (primary N) is 1. The third-order valence-electron chi connectivity index (χ3n) is 3.79. The number of piperidine rings is 1. The van der Waals surface area contributed by atoms with Gasteiger partial charge >= 0.3 is 0 Å². The predicted molar refractivity (Wildman–Crippen MR) is 71.2 cm³/mol. The van der Waals surface area contributed by atoms with Crippen LogP contribution in [0.15, 0.2) is 6.20 Å². The highest BCUT2D eigenvalue weighted by Gasteiger charge is 2.27. The van der Waals surface area contributed by atoms with Gasteiger partial charge in [0.15, 0.2) is 0 Å². The Morgan fingerprint density at radius 3 is 2.88 bits per heavy atom. The summed E-state index contributed by atoms with van der Waals surface area (Å²) in [7, 11) is 0. The first-order valence-electron chi connectivity index (χ1n) is 6.66. The average molecular weight is 236 g/mol. The smallest absolute Gasteiger partial charge is 0.205 e. The Bertz CT molecular complexity index is 371. The predicted octanol–water partition coefficient (Wildman–Crippen LogP) is 1.78. The van der Waals surface area contributed by atoms with Crippen LogP contribution in [0.2, 0.25) is 0 Å². The largest absolute Gasteiger partial charge is 0.339 e. The highest BCUT2D eigenvalue weighted by atomic mass is 15.3. The van der Waals surface area contributed by atoms with Gasteiger partial charge in [0.05, 0.1) is 5.69 Å². The first-order valence-corrected chi connectivity index (χ1v) is 6.66. The Kier molecular flexibility index (Phi) is 3.72. The normalized spacial score (nSPS) is 25.3. The molecule has 1 aliphatic heterocycles. The molecule has 0 bridgehead atoms. The van der Waals surface area contributed by atoms with Gasteiger partial charge in [-0.15, -0.1) is 0 Å².